The van der Waals surface area contributed by atoms with Gasteiger partial charge in [-0.15, -0.1) is 0 Å². The van der Waals surface area contributed by atoms with E-state index in [1.54, 1.807) is 0 Å². The van der Waals surface area contributed by atoms with Crippen LogP contribution < -0.4 is 0 Å². The van der Waals surface area contributed by atoms with Gasteiger partial charge in [-0.1, -0.05) is 0 Å². The molecule has 0 saturated carbocycles. The highest BCUT2D eigenvalue weighted by Gasteiger charge is 2.04. The van der Waals surface area contributed by atoms with Crippen molar-refractivity contribution in [3.8, 4) is 0 Å². The van der Waals surface area contributed by atoms with Gasteiger partial charge in [-0.3, -0.25) is 9.11 Å². The molecule has 0 aromatic rings. The third-order valence-electron chi connectivity index (χ3n) is 1.33. The molecule has 2 N–H and O–H groups in total. The van der Waals surface area contributed by atoms with Crippen LogP contribution in [0.4, 0.5) is 0 Å². The maximum atomic E-state index is 10.1. The number of rotatable bonds is 10. The van der Waals surface area contributed by atoms with Crippen LogP contribution in [0.15, 0.2) is 0 Å². The fourth-order valence-electron chi connectivity index (χ4n) is 0.753. The Morgan fingerprint density at radius 2 is 1.06 bits per heavy atom. The molecule has 0 aromatic heterocycles. The molecule has 0 radical (unpaired) electrons. The maximum absolute atomic E-state index is 10.1. The van der Waals surface area contributed by atoms with Crippen LogP contribution in [-0.2, 0) is 33.9 Å². The van der Waals surface area contributed by atoms with E-state index < -0.39 is 20.8 Å². The Bertz CT molecular complexity index is 346. The summed E-state index contributed by atoms with van der Waals surface area (Å²) in [5, 5.41) is 0. The van der Waals surface area contributed by atoms with E-state index in [1.165, 1.54) is 0 Å². The average Bonchev–Trinajstić information content (AvgIpc) is 2.11. The summed E-state index contributed by atoms with van der Waals surface area (Å²) < 4.78 is 69.7. The standard InChI is InChI=1S/C6H14O9S2/c7-16(8,9)14-5-1-3-13-4-2-6-15-17(10,11)12/h1-6H2,(H,7,8,9)(H,10,11,12). The van der Waals surface area contributed by atoms with Crippen molar-refractivity contribution in [2.24, 2.45) is 0 Å². The molecule has 0 unspecified atom stereocenters. The second kappa shape index (κ2) is 7.92. The quantitative estimate of drug-likeness (QED) is 0.400. The largest absolute Gasteiger partial charge is 0.397 e. The first-order valence-corrected chi connectivity index (χ1v) is 7.25. The Morgan fingerprint density at radius 1 is 0.706 bits per heavy atom. The molecule has 0 aliphatic rings. The zero-order chi connectivity index (χ0) is 13.4. The van der Waals surface area contributed by atoms with Crippen molar-refractivity contribution >= 4 is 20.8 Å². The smallest absolute Gasteiger partial charge is 0.381 e. The molecular weight excluding hydrogens is 280 g/mol. The predicted octanol–water partition coefficient (Wildman–Crippen LogP) is -0.578. The summed E-state index contributed by atoms with van der Waals surface area (Å²) >= 11 is 0. The van der Waals surface area contributed by atoms with Crippen LogP contribution in [0.2, 0.25) is 0 Å². The molecule has 17 heavy (non-hydrogen) atoms. The molecule has 0 aromatic carbocycles. The average molecular weight is 294 g/mol. The molecule has 9 nitrogen and oxygen atoms in total. The summed E-state index contributed by atoms with van der Waals surface area (Å²) in [6.45, 7) is -0.0521. The first-order chi connectivity index (χ1) is 7.71. The van der Waals surface area contributed by atoms with E-state index >= 15 is 0 Å². The van der Waals surface area contributed by atoms with Crippen LogP contribution in [0.5, 0.6) is 0 Å². The van der Waals surface area contributed by atoms with Gasteiger partial charge in [-0.25, -0.2) is 8.37 Å². The maximum Gasteiger partial charge on any atom is 0.397 e. The lowest BCUT2D eigenvalue weighted by Crippen LogP contribution is -2.09. The molecule has 0 bridgehead atoms. The monoisotopic (exact) mass is 294 g/mol. The fourth-order valence-corrected chi connectivity index (χ4v) is 1.41. The van der Waals surface area contributed by atoms with E-state index in [2.05, 4.69) is 8.37 Å². The van der Waals surface area contributed by atoms with Crippen LogP contribution in [0.3, 0.4) is 0 Å². The van der Waals surface area contributed by atoms with E-state index in [0.717, 1.165) is 0 Å². The minimum absolute atomic E-state index is 0.182. The summed E-state index contributed by atoms with van der Waals surface area (Å²) in [5.74, 6) is 0. The molecule has 0 aliphatic carbocycles. The van der Waals surface area contributed by atoms with Crippen molar-refractivity contribution < 1.29 is 39.0 Å². The van der Waals surface area contributed by atoms with Crippen LogP contribution >= 0.6 is 0 Å². The lowest BCUT2D eigenvalue weighted by Gasteiger charge is -2.03. The Morgan fingerprint density at radius 3 is 1.35 bits per heavy atom. The third-order valence-corrected chi connectivity index (χ3v) is 2.26. The fraction of sp³-hybridized carbons (Fsp3) is 1.00. The second-order valence-corrected chi connectivity index (χ2v) is 5.00. The first-order valence-electron chi connectivity index (χ1n) is 4.52. The van der Waals surface area contributed by atoms with Gasteiger partial charge in [0.25, 0.3) is 0 Å². The molecular formula is C6H14O9S2. The summed E-state index contributed by atoms with van der Waals surface area (Å²) in [6.07, 6.45) is 0.498. The van der Waals surface area contributed by atoms with Crippen molar-refractivity contribution in [1.82, 2.24) is 0 Å². The highest BCUT2D eigenvalue weighted by atomic mass is 32.3. The van der Waals surface area contributed by atoms with Crippen molar-refractivity contribution in [3.63, 3.8) is 0 Å². The number of hydrogen-bond acceptors (Lipinski definition) is 7. The van der Waals surface area contributed by atoms with E-state index in [-0.39, 0.29) is 39.3 Å². The van der Waals surface area contributed by atoms with Gasteiger partial charge in [0.1, 0.15) is 0 Å². The van der Waals surface area contributed by atoms with Crippen LogP contribution in [0.25, 0.3) is 0 Å². The first kappa shape index (κ1) is 16.7. The molecule has 0 rings (SSSR count). The van der Waals surface area contributed by atoms with E-state index in [1.807, 2.05) is 0 Å². The minimum Gasteiger partial charge on any atom is -0.381 e. The number of hydrogen-bond donors (Lipinski definition) is 2. The van der Waals surface area contributed by atoms with Gasteiger partial charge in [0.15, 0.2) is 0 Å². The van der Waals surface area contributed by atoms with Gasteiger partial charge in [-0.05, 0) is 12.8 Å². The molecule has 0 amide bonds. The number of ether oxygens (including phenoxy) is 1. The third kappa shape index (κ3) is 15.7. The SMILES string of the molecule is O=S(=O)(O)OCCCOCCCOS(=O)(=O)O. The zero-order valence-corrected chi connectivity index (χ0v) is 10.4. The Hall–Kier alpha value is -0.300. The van der Waals surface area contributed by atoms with Crippen molar-refractivity contribution in [2.45, 2.75) is 12.8 Å². The Balaban J connectivity index is 3.25. The van der Waals surface area contributed by atoms with Crippen LogP contribution in [-0.4, -0.2) is 52.4 Å². The van der Waals surface area contributed by atoms with Gasteiger partial charge >= 0.3 is 20.8 Å². The summed E-state index contributed by atoms with van der Waals surface area (Å²) in [4.78, 5) is 0. The van der Waals surface area contributed by atoms with Crippen LogP contribution in [0, 0.1) is 0 Å². The lowest BCUT2D eigenvalue weighted by atomic mass is 10.5. The summed E-state index contributed by atoms with van der Waals surface area (Å²) in [7, 11) is -8.82. The van der Waals surface area contributed by atoms with E-state index in [9.17, 15) is 16.8 Å². The topological polar surface area (TPSA) is 136 Å². The second-order valence-electron chi connectivity index (χ2n) is 2.82. The molecule has 0 aliphatic heterocycles. The molecule has 0 fully saturated rings. The molecule has 0 atom stereocenters. The van der Waals surface area contributed by atoms with Gasteiger partial charge in [0, 0.05) is 13.2 Å². The van der Waals surface area contributed by atoms with Crippen molar-refractivity contribution in [2.75, 3.05) is 26.4 Å². The zero-order valence-electron chi connectivity index (χ0n) is 8.81. The van der Waals surface area contributed by atoms with Gasteiger partial charge in [0.05, 0.1) is 13.2 Å². The highest BCUT2D eigenvalue weighted by Crippen LogP contribution is 1.93. The Kier molecular flexibility index (Phi) is 7.78. The summed E-state index contributed by atoms with van der Waals surface area (Å²) in [5.41, 5.74) is 0. The van der Waals surface area contributed by atoms with E-state index in [4.69, 9.17) is 13.8 Å². The molecule has 0 saturated heterocycles. The minimum atomic E-state index is -4.41. The van der Waals surface area contributed by atoms with Crippen molar-refractivity contribution in [1.29, 1.82) is 0 Å². The lowest BCUT2D eigenvalue weighted by molar-refractivity contribution is 0.106. The molecule has 104 valence electrons. The van der Waals surface area contributed by atoms with Gasteiger partial charge < -0.3 is 4.74 Å². The molecule has 0 spiro atoms. The van der Waals surface area contributed by atoms with E-state index in [0.29, 0.717) is 0 Å². The predicted molar refractivity (Wildman–Crippen MR) is 55.1 cm³/mol. The summed E-state index contributed by atoms with van der Waals surface area (Å²) in [6, 6.07) is 0. The molecule has 0 heterocycles. The Labute approximate surface area is 99.6 Å². The van der Waals surface area contributed by atoms with Gasteiger partial charge in [-0.2, -0.15) is 16.8 Å². The normalized spacial score (nSPS) is 12.8. The van der Waals surface area contributed by atoms with Gasteiger partial charge in [0.2, 0.25) is 0 Å². The van der Waals surface area contributed by atoms with Crippen molar-refractivity contribution in [3.05, 3.63) is 0 Å². The van der Waals surface area contributed by atoms with Crippen LogP contribution in [0.1, 0.15) is 12.8 Å². The highest BCUT2D eigenvalue weighted by molar-refractivity contribution is 7.81. The molecule has 11 heteroatoms.